The minimum Gasteiger partial charge on any atom is -0.204 e. The Morgan fingerprint density at radius 1 is 1.25 bits per heavy atom. The van der Waals surface area contributed by atoms with Crippen molar-refractivity contribution in [3.63, 3.8) is 0 Å². The fourth-order valence-electron chi connectivity index (χ4n) is 1.27. The van der Waals surface area contributed by atoms with Crippen LogP contribution in [0.5, 0.6) is 0 Å². The molecule has 0 aliphatic heterocycles. The van der Waals surface area contributed by atoms with Crippen molar-refractivity contribution in [1.29, 1.82) is 0 Å². The van der Waals surface area contributed by atoms with Crippen LogP contribution in [-0.2, 0) is 6.42 Å². The van der Waals surface area contributed by atoms with E-state index in [2.05, 4.69) is 16.3 Å². The molecule has 5 heteroatoms. The molecule has 0 aliphatic carbocycles. The lowest BCUT2D eigenvalue weighted by Gasteiger charge is -2.01. The number of rotatable bonds is 2. The van der Waals surface area contributed by atoms with E-state index in [4.69, 9.17) is 0 Å². The highest BCUT2D eigenvalue weighted by Crippen LogP contribution is 2.14. The molecular weight excluding hydrogens is 217 g/mol. The average Bonchev–Trinajstić information content (AvgIpc) is 2.27. The first kappa shape index (κ1) is 10.6. The Hall–Kier alpha value is -1.91. The molecule has 1 radical (unpaired) electrons. The van der Waals surface area contributed by atoms with Gasteiger partial charge in [-0.25, -0.2) is 13.2 Å². The van der Waals surface area contributed by atoms with E-state index in [-0.39, 0.29) is 12.0 Å². The van der Waals surface area contributed by atoms with Crippen LogP contribution in [0.1, 0.15) is 11.3 Å². The fourth-order valence-corrected chi connectivity index (χ4v) is 1.27. The summed E-state index contributed by atoms with van der Waals surface area (Å²) in [7, 11) is 0. The van der Waals surface area contributed by atoms with Gasteiger partial charge in [0.25, 0.3) is 0 Å². The van der Waals surface area contributed by atoms with E-state index in [1.165, 1.54) is 6.20 Å². The molecule has 0 amide bonds. The number of halogens is 3. The summed E-state index contributed by atoms with van der Waals surface area (Å²) in [5.74, 6) is -4.06. The topological polar surface area (TPSA) is 25.8 Å². The minimum atomic E-state index is -1.51. The highest BCUT2D eigenvalue weighted by Gasteiger charge is 2.11. The molecule has 0 atom stereocenters. The molecule has 0 N–H and O–H groups in total. The van der Waals surface area contributed by atoms with Crippen LogP contribution in [0.3, 0.4) is 0 Å². The van der Waals surface area contributed by atoms with Crippen molar-refractivity contribution in [2.24, 2.45) is 0 Å². The summed E-state index contributed by atoms with van der Waals surface area (Å²) >= 11 is 0. The van der Waals surface area contributed by atoms with Gasteiger partial charge in [0.2, 0.25) is 0 Å². The average molecular weight is 223 g/mol. The summed E-state index contributed by atoms with van der Waals surface area (Å²) in [4.78, 5) is 0. The molecule has 2 nitrogen and oxygen atoms in total. The van der Waals surface area contributed by atoms with Crippen molar-refractivity contribution in [3.05, 3.63) is 59.2 Å². The molecule has 0 spiro atoms. The standard InChI is InChI=1S/C11H6F3N2/c12-9-5-7(6-10(13)11(9)14)4-8-2-1-3-15-16-8/h1-3,5H,4H2. The van der Waals surface area contributed by atoms with E-state index in [9.17, 15) is 13.2 Å². The third kappa shape index (κ3) is 2.18. The lowest BCUT2D eigenvalue weighted by Crippen LogP contribution is -1.98. The quantitative estimate of drug-likeness (QED) is 0.730. The van der Waals surface area contributed by atoms with Gasteiger partial charge in [-0.05, 0) is 23.8 Å². The lowest BCUT2D eigenvalue weighted by molar-refractivity contribution is 0.444. The number of hydrogen-bond donors (Lipinski definition) is 0. The smallest absolute Gasteiger partial charge is 0.195 e. The molecule has 0 bridgehead atoms. The third-order valence-electron chi connectivity index (χ3n) is 1.97. The summed E-state index contributed by atoms with van der Waals surface area (Å²) in [6, 6.07) is 6.32. The van der Waals surface area contributed by atoms with Gasteiger partial charge >= 0.3 is 0 Å². The predicted molar refractivity (Wildman–Crippen MR) is 50.0 cm³/mol. The Morgan fingerprint density at radius 2 is 2.06 bits per heavy atom. The van der Waals surface area contributed by atoms with Crippen LogP contribution in [-0.4, -0.2) is 10.2 Å². The molecule has 1 aromatic heterocycles. The predicted octanol–water partition coefficient (Wildman–Crippen LogP) is 2.28. The summed E-state index contributed by atoms with van der Waals surface area (Å²) in [6.07, 6.45) is 1.64. The first-order valence-electron chi connectivity index (χ1n) is 4.49. The molecule has 1 heterocycles. The Bertz CT molecular complexity index is 477. The molecule has 0 unspecified atom stereocenters. The van der Waals surface area contributed by atoms with E-state index in [1.807, 2.05) is 0 Å². The van der Waals surface area contributed by atoms with Gasteiger partial charge in [-0.3, -0.25) is 0 Å². The third-order valence-corrected chi connectivity index (χ3v) is 1.97. The molecule has 16 heavy (non-hydrogen) atoms. The molecule has 0 fully saturated rings. The summed E-state index contributed by atoms with van der Waals surface area (Å²) in [6.45, 7) is 0. The van der Waals surface area contributed by atoms with Crippen molar-refractivity contribution in [1.82, 2.24) is 10.2 Å². The van der Waals surface area contributed by atoms with Crippen molar-refractivity contribution in [2.45, 2.75) is 6.42 Å². The van der Waals surface area contributed by atoms with Gasteiger partial charge in [0.1, 0.15) is 0 Å². The van der Waals surface area contributed by atoms with Gasteiger partial charge in [-0.2, -0.15) is 10.2 Å². The normalized spacial score (nSPS) is 10.4. The molecular formula is C11H6F3N2. The molecule has 1 aromatic carbocycles. The number of benzene rings is 1. The minimum absolute atomic E-state index is 0.155. The number of aromatic nitrogens is 2. The van der Waals surface area contributed by atoms with Crippen LogP contribution in [0.25, 0.3) is 0 Å². The maximum absolute atomic E-state index is 12.9. The van der Waals surface area contributed by atoms with Crippen molar-refractivity contribution in [3.8, 4) is 0 Å². The highest BCUT2D eigenvalue weighted by molar-refractivity contribution is 5.22. The van der Waals surface area contributed by atoms with Crippen LogP contribution in [0.15, 0.2) is 24.4 Å². The summed E-state index contributed by atoms with van der Waals surface area (Å²) < 4.78 is 38.3. The van der Waals surface area contributed by atoms with Gasteiger partial charge < -0.3 is 0 Å². The Morgan fingerprint density at radius 3 is 2.69 bits per heavy atom. The van der Waals surface area contributed by atoms with Gasteiger partial charge in [0.15, 0.2) is 17.5 Å². The SMILES string of the molecule is Fc1[c]c(Cc2cccnn2)cc(F)c1F. The van der Waals surface area contributed by atoms with Crippen LogP contribution >= 0.6 is 0 Å². The van der Waals surface area contributed by atoms with Gasteiger partial charge in [0, 0.05) is 18.7 Å². The largest absolute Gasteiger partial charge is 0.204 e. The Labute approximate surface area is 89.8 Å². The zero-order valence-electron chi connectivity index (χ0n) is 8.04. The second kappa shape index (κ2) is 4.30. The van der Waals surface area contributed by atoms with Crippen LogP contribution in [0, 0.1) is 23.5 Å². The van der Waals surface area contributed by atoms with Crippen LogP contribution in [0.2, 0.25) is 0 Å². The monoisotopic (exact) mass is 223 g/mol. The van der Waals surface area contributed by atoms with Crippen LogP contribution in [0.4, 0.5) is 13.2 Å². The van der Waals surface area contributed by atoms with Gasteiger partial charge in [-0.1, -0.05) is 0 Å². The van der Waals surface area contributed by atoms with E-state index in [1.54, 1.807) is 12.1 Å². The number of hydrogen-bond acceptors (Lipinski definition) is 2. The van der Waals surface area contributed by atoms with Crippen molar-refractivity contribution in [2.75, 3.05) is 0 Å². The first-order chi connectivity index (χ1) is 7.66. The number of nitrogens with zero attached hydrogens (tertiary/aromatic N) is 2. The second-order valence-electron chi connectivity index (χ2n) is 3.16. The maximum Gasteiger partial charge on any atom is 0.195 e. The summed E-state index contributed by atoms with van der Waals surface area (Å²) in [5.41, 5.74) is 0.723. The molecule has 0 aliphatic rings. The van der Waals surface area contributed by atoms with Gasteiger partial charge in [-0.15, -0.1) is 0 Å². The Kier molecular flexibility index (Phi) is 2.85. The van der Waals surface area contributed by atoms with Crippen molar-refractivity contribution < 1.29 is 13.2 Å². The first-order valence-corrected chi connectivity index (χ1v) is 4.49. The second-order valence-corrected chi connectivity index (χ2v) is 3.16. The van der Waals surface area contributed by atoms with E-state index in [0.29, 0.717) is 5.69 Å². The van der Waals surface area contributed by atoms with Gasteiger partial charge in [0.05, 0.1) is 5.69 Å². The molecule has 0 saturated carbocycles. The van der Waals surface area contributed by atoms with Crippen LogP contribution < -0.4 is 0 Å². The Balaban J connectivity index is 2.29. The van der Waals surface area contributed by atoms with E-state index < -0.39 is 17.5 Å². The highest BCUT2D eigenvalue weighted by atomic mass is 19.2. The molecule has 2 rings (SSSR count). The van der Waals surface area contributed by atoms with E-state index in [0.717, 1.165) is 6.07 Å². The summed E-state index contributed by atoms with van der Waals surface area (Å²) in [5, 5.41) is 7.36. The molecule has 2 aromatic rings. The maximum atomic E-state index is 12.9. The zero-order chi connectivity index (χ0) is 11.5. The molecule has 81 valence electrons. The zero-order valence-corrected chi connectivity index (χ0v) is 8.04. The molecule has 0 saturated heterocycles. The van der Waals surface area contributed by atoms with Crippen molar-refractivity contribution >= 4 is 0 Å². The fraction of sp³-hybridized carbons (Fsp3) is 0.0909. The lowest BCUT2D eigenvalue weighted by atomic mass is 10.1. The van der Waals surface area contributed by atoms with E-state index >= 15 is 0 Å².